The fourth-order valence-corrected chi connectivity index (χ4v) is 2.03. The lowest BCUT2D eigenvalue weighted by Crippen LogP contribution is -2.34. The normalized spacial score (nSPS) is 11.6. The molecule has 5 heteroatoms. The Morgan fingerprint density at radius 3 is 2.55 bits per heavy atom. The fraction of sp³-hybridized carbons (Fsp3) is 0.467. The SMILES string of the molecule is CCN(CC)C(=O)CC(C#N)Nc1cc(C)cc(F)c1. The van der Waals surface area contributed by atoms with Gasteiger partial charge in [0.1, 0.15) is 11.9 Å². The van der Waals surface area contributed by atoms with Crippen molar-refractivity contribution in [3.63, 3.8) is 0 Å². The van der Waals surface area contributed by atoms with Crippen molar-refractivity contribution >= 4 is 11.6 Å². The van der Waals surface area contributed by atoms with Gasteiger partial charge in [-0.3, -0.25) is 4.79 Å². The molecule has 0 heterocycles. The third-order valence-corrected chi connectivity index (χ3v) is 3.03. The van der Waals surface area contributed by atoms with Crippen molar-refractivity contribution in [3.8, 4) is 6.07 Å². The molecule has 0 aromatic heterocycles. The molecular formula is C15H20FN3O. The number of amides is 1. The highest BCUT2D eigenvalue weighted by molar-refractivity contribution is 5.77. The Labute approximate surface area is 119 Å². The van der Waals surface area contributed by atoms with Crippen molar-refractivity contribution in [2.24, 2.45) is 0 Å². The fourth-order valence-electron chi connectivity index (χ4n) is 2.03. The Balaban J connectivity index is 2.73. The molecule has 1 aromatic rings. The van der Waals surface area contributed by atoms with Crippen LogP contribution in [0.4, 0.5) is 10.1 Å². The average Bonchev–Trinajstić information content (AvgIpc) is 2.38. The van der Waals surface area contributed by atoms with Crippen molar-refractivity contribution in [2.75, 3.05) is 18.4 Å². The third kappa shape index (κ3) is 4.54. The number of carbonyl (C=O) groups excluding carboxylic acids is 1. The van der Waals surface area contributed by atoms with E-state index in [1.54, 1.807) is 17.9 Å². The highest BCUT2D eigenvalue weighted by atomic mass is 19.1. The van der Waals surface area contributed by atoms with Crippen LogP contribution in [0.5, 0.6) is 0 Å². The van der Waals surface area contributed by atoms with Crippen molar-refractivity contribution < 1.29 is 9.18 Å². The summed E-state index contributed by atoms with van der Waals surface area (Å²) in [5.41, 5.74) is 1.28. The first kappa shape index (κ1) is 16.0. The number of hydrogen-bond donors (Lipinski definition) is 1. The number of benzene rings is 1. The van der Waals surface area contributed by atoms with Crippen molar-refractivity contribution in [3.05, 3.63) is 29.6 Å². The summed E-state index contributed by atoms with van der Waals surface area (Å²) in [7, 11) is 0. The maximum Gasteiger partial charge on any atom is 0.225 e. The van der Waals surface area contributed by atoms with E-state index in [0.717, 1.165) is 5.56 Å². The number of anilines is 1. The molecule has 0 fully saturated rings. The summed E-state index contributed by atoms with van der Waals surface area (Å²) in [5, 5.41) is 12.0. The van der Waals surface area contributed by atoms with Gasteiger partial charge in [0.15, 0.2) is 0 Å². The predicted molar refractivity (Wildman–Crippen MR) is 76.7 cm³/mol. The van der Waals surface area contributed by atoms with Crippen LogP contribution in [0.3, 0.4) is 0 Å². The zero-order valence-electron chi connectivity index (χ0n) is 12.1. The summed E-state index contributed by atoms with van der Waals surface area (Å²) in [4.78, 5) is 13.6. The molecule has 0 aliphatic carbocycles. The van der Waals surface area contributed by atoms with Gasteiger partial charge in [0.2, 0.25) is 5.91 Å². The van der Waals surface area contributed by atoms with Crippen LogP contribution in [0.1, 0.15) is 25.8 Å². The van der Waals surface area contributed by atoms with Gasteiger partial charge < -0.3 is 10.2 Å². The number of halogens is 1. The second-order valence-corrected chi connectivity index (χ2v) is 4.61. The molecule has 0 radical (unpaired) electrons. The number of hydrogen-bond acceptors (Lipinski definition) is 3. The highest BCUT2D eigenvalue weighted by Gasteiger charge is 2.17. The molecule has 20 heavy (non-hydrogen) atoms. The lowest BCUT2D eigenvalue weighted by atomic mass is 10.1. The summed E-state index contributed by atoms with van der Waals surface area (Å²) in [6, 6.07) is 5.85. The van der Waals surface area contributed by atoms with E-state index in [9.17, 15) is 9.18 Å². The molecule has 1 atom stereocenters. The molecule has 0 aliphatic rings. The molecular weight excluding hydrogens is 257 g/mol. The minimum absolute atomic E-state index is 0.0771. The Hall–Kier alpha value is -2.09. The van der Waals surface area contributed by atoms with E-state index in [-0.39, 0.29) is 18.1 Å². The largest absolute Gasteiger partial charge is 0.369 e. The average molecular weight is 277 g/mol. The number of rotatable bonds is 6. The van der Waals surface area contributed by atoms with Gasteiger partial charge in [0.25, 0.3) is 0 Å². The molecule has 1 N–H and O–H groups in total. The van der Waals surface area contributed by atoms with E-state index in [4.69, 9.17) is 5.26 Å². The zero-order valence-corrected chi connectivity index (χ0v) is 12.1. The minimum atomic E-state index is -0.663. The summed E-state index contributed by atoms with van der Waals surface area (Å²) in [6.45, 7) is 6.80. The Kier molecular flexibility index (Phi) is 5.98. The molecule has 1 rings (SSSR count). The van der Waals surface area contributed by atoms with Crippen LogP contribution in [0.2, 0.25) is 0 Å². The second kappa shape index (κ2) is 7.49. The molecule has 1 aromatic carbocycles. The topological polar surface area (TPSA) is 56.1 Å². The predicted octanol–water partition coefficient (Wildman–Crippen LogP) is 2.70. The quantitative estimate of drug-likeness (QED) is 0.869. The first-order chi connectivity index (χ1) is 9.49. The van der Waals surface area contributed by atoms with Crippen molar-refractivity contribution in [1.82, 2.24) is 4.90 Å². The summed E-state index contributed by atoms with van der Waals surface area (Å²) in [5.74, 6) is -0.443. The number of nitrogens with zero attached hydrogens (tertiary/aromatic N) is 2. The number of aryl methyl sites for hydroxylation is 1. The van der Waals surface area contributed by atoms with Gasteiger partial charge in [0, 0.05) is 18.8 Å². The Morgan fingerprint density at radius 1 is 1.40 bits per heavy atom. The molecule has 0 spiro atoms. The number of carbonyl (C=O) groups is 1. The number of nitrogens with one attached hydrogen (secondary N) is 1. The molecule has 0 aliphatic heterocycles. The van der Waals surface area contributed by atoms with E-state index >= 15 is 0 Å². The maximum atomic E-state index is 13.3. The molecule has 0 saturated heterocycles. The minimum Gasteiger partial charge on any atom is -0.369 e. The van der Waals surface area contributed by atoms with E-state index in [1.807, 2.05) is 19.9 Å². The second-order valence-electron chi connectivity index (χ2n) is 4.61. The summed E-state index contributed by atoms with van der Waals surface area (Å²) < 4.78 is 13.3. The van der Waals surface area contributed by atoms with Gasteiger partial charge in [-0.1, -0.05) is 0 Å². The van der Waals surface area contributed by atoms with Crippen LogP contribution in [-0.2, 0) is 4.79 Å². The van der Waals surface area contributed by atoms with Gasteiger partial charge in [-0.05, 0) is 44.5 Å². The monoisotopic (exact) mass is 277 g/mol. The Morgan fingerprint density at radius 2 is 2.05 bits per heavy atom. The van der Waals surface area contributed by atoms with Crippen molar-refractivity contribution in [2.45, 2.75) is 33.2 Å². The zero-order chi connectivity index (χ0) is 15.1. The van der Waals surface area contributed by atoms with Crippen LogP contribution >= 0.6 is 0 Å². The first-order valence-electron chi connectivity index (χ1n) is 6.71. The van der Waals surface area contributed by atoms with Gasteiger partial charge >= 0.3 is 0 Å². The van der Waals surface area contributed by atoms with Crippen LogP contribution in [0, 0.1) is 24.1 Å². The van der Waals surface area contributed by atoms with Crippen molar-refractivity contribution in [1.29, 1.82) is 5.26 Å². The molecule has 1 unspecified atom stereocenters. The molecule has 108 valence electrons. The van der Waals surface area contributed by atoms with Crippen LogP contribution in [0.25, 0.3) is 0 Å². The molecule has 0 saturated carbocycles. The van der Waals surface area contributed by atoms with E-state index < -0.39 is 6.04 Å². The van der Waals surface area contributed by atoms with Crippen LogP contribution in [0.15, 0.2) is 18.2 Å². The van der Waals surface area contributed by atoms with Gasteiger partial charge in [-0.25, -0.2) is 4.39 Å². The van der Waals surface area contributed by atoms with E-state index in [1.165, 1.54) is 12.1 Å². The van der Waals surface area contributed by atoms with Crippen LogP contribution < -0.4 is 5.32 Å². The summed E-state index contributed by atoms with van der Waals surface area (Å²) in [6.07, 6.45) is 0.0771. The molecule has 1 amide bonds. The smallest absolute Gasteiger partial charge is 0.225 e. The highest BCUT2D eigenvalue weighted by Crippen LogP contribution is 2.15. The molecule has 0 bridgehead atoms. The lowest BCUT2D eigenvalue weighted by Gasteiger charge is -2.21. The molecule has 4 nitrogen and oxygen atoms in total. The Bertz CT molecular complexity index is 486. The van der Waals surface area contributed by atoms with Gasteiger partial charge in [-0.15, -0.1) is 0 Å². The maximum absolute atomic E-state index is 13.3. The van der Waals surface area contributed by atoms with Gasteiger partial charge in [0.05, 0.1) is 12.5 Å². The van der Waals surface area contributed by atoms with Crippen LogP contribution in [-0.4, -0.2) is 29.9 Å². The standard InChI is InChI=1S/C15H20FN3O/c1-4-19(5-2)15(20)9-14(10-17)18-13-7-11(3)6-12(16)8-13/h6-8,14,18H,4-5,9H2,1-3H3. The number of nitriles is 1. The third-order valence-electron chi connectivity index (χ3n) is 3.03. The first-order valence-corrected chi connectivity index (χ1v) is 6.71. The summed E-state index contributed by atoms with van der Waals surface area (Å²) >= 11 is 0. The van der Waals surface area contributed by atoms with E-state index in [0.29, 0.717) is 18.8 Å². The lowest BCUT2D eigenvalue weighted by molar-refractivity contribution is -0.130. The van der Waals surface area contributed by atoms with E-state index in [2.05, 4.69) is 5.32 Å². The van der Waals surface area contributed by atoms with Gasteiger partial charge in [-0.2, -0.15) is 5.26 Å².